The van der Waals surface area contributed by atoms with Crippen molar-refractivity contribution in [3.63, 3.8) is 0 Å². The number of hydrogen-bond donors (Lipinski definition) is 1. The van der Waals surface area contributed by atoms with Gasteiger partial charge in [0, 0.05) is 45.3 Å². The molecule has 1 N–H and O–H groups in total. The first kappa shape index (κ1) is 21.3. The molecule has 156 valence electrons. The predicted octanol–water partition coefficient (Wildman–Crippen LogP) is 1.60. The van der Waals surface area contributed by atoms with E-state index in [2.05, 4.69) is 22.1 Å². The molecule has 1 fully saturated rings. The Morgan fingerprint density at radius 1 is 1.28 bits per heavy atom. The third kappa shape index (κ3) is 4.76. The van der Waals surface area contributed by atoms with Crippen LogP contribution in [0.1, 0.15) is 12.6 Å². The lowest BCUT2D eigenvalue weighted by Gasteiger charge is -2.32. The smallest absolute Gasteiger partial charge is 0.242 e. The molecule has 2 heterocycles. The Kier molecular flexibility index (Phi) is 6.54. The number of nitrogens with zero attached hydrogens (tertiary/aromatic N) is 4. The van der Waals surface area contributed by atoms with E-state index < -0.39 is 10.0 Å². The maximum atomic E-state index is 12.2. The molecule has 1 atom stereocenters. The molecule has 29 heavy (non-hydrogen) atoms. The molecule has 0 radical (unpaired) electrons. The number of sulfonamides is 1. The van der Waals surface area contributed by atoms with Crippen LogP contribution in [0.3, 0.4) is 0 Å². The van der Waals surface area contributed by atoms with Crippen LogP contribution in [0.2, 0.25) is 0 Å². The van der Waals surface area contributed by atoms with Crippen molar-refractivity contribution in [2.75, 3.05) is 52.3 Å². The lowest BCUT2D eigenvalue weighted by atomic mass is 10.2. The van der Waals surface area contributed by atoms with Gasteiger partial charge in [0.2, 0.25) is 27.5 Å². The molecule has 1 aromatic carbocycles. The fourth-order valence-corrected chi connectivity index (χ4v) is 3.91. The van der Waals surface area contributed by atoms with E-state index in [4.69, 9.17) is 9.15 Å². The van der Waals surface area contributed by atoms with Crippen molar-refractivity contribution in [1.29, 1.82) is 5.26 Å². The van der Waals surface area contributed by atoms with Crippen molar-refractivity contribution in [1.82, 2.24) is 14.2 Å². The van der Waals surface area contributed by atoms with E-state index >= 15 is 0 Å². The highest BCUT2D eigenvalue weighted by Gasteiger charge is 2.21. The molecule has 1 aliphatic rings. The van der Waals surface area contributed by atoms with Crippen molar-refractivity contribution in [2.45, 2.75) is 17.9 Å². The van der Waals surface area contributed by atoms with E-state index in [0.29, 0.717) is 18.0 Å². The van der Waals surface area contributed by atoms with Crippen LogP contribution in [0.4, 0.5) is 5.88 Å². The normalized spacial score (nSPS) is 16.5. The summed E-state index contributed by atoms with van der Waals surface area (Å²) in [5.41, 5.74) is 0.757. The first-order chi connectivity index (χ1) is 13.8. The highest BCUT2D eigenvalue weighted by Crippen LogP contribution is 2.27. The number of nitriles is 1. The number of nitrogens with one attached hydrogen (secondary N) is 1. The summed E-state index contributed by atoms with van der Waals surface area (Å²) < 4.78 is 36.6. The number of anilines is 1. The van der Waals surface area contributed by atoms with Crippen LogP contribution in [0.15, 0.2) is 33.6 Å². The fourth-order valence-electron chi connectivity index (χ4n) is 3.01. The second-order valence-electron chi connectivity index (χ2n) is 7.00. The summed E-state index contributed by atoms with van der Waals surface area (Å²) in [6.07, 6.45) is 0. The Hall–Kier alpha value is -2.45. The summed E-state index contributed by atoms with van der Waals surface area (Å²) in [4.78, 5) is 6.72. The molecule has 0 saturated carbocycles. The fraction of sp³-hybridized carbons (Fsp3) is 0.474. The predicted molar refractivity (Wildman–Crippen MR) is 108 cm³/mol. The molecule has 3 rings (SSSR count). The Labute approximate surface area is 170 Å². The van der Waals surface area contributed by atoms with Gasteiger partial charge in [0.25, 0.3) is 0 Å². The summed E-state index contributed by atoms with van der Waals surface area (Å²) in [6, 6.07) is 8.50. The number of hydrogen-bond acceptors (Lipinski definition) is 8. The Balaban J connectivity index is 1.73. The average molecular weight is 420 g/mol. The highest BCUT2D eigenvalue weighted by molar-refractivity contribution is 7.89. The highest BCUT2D eigenvalue weighted by atomic mass is 32.2. The first-order valence-corrected chi connectivity index (χ1v) is 10.8. The van der Waals surface area contributed by atoms with E-state index in [1.165, 1.54) is 26.2 Å². The zero-order chi connectivity index (χ0) is 21.0. The van der Waals surface area contributed by atoms with Gasteiger partial charge in [-0.1, -0.05) is 0 Å². The zero-order valence-electron chi connectivity index (χ0n) is 16.8. The monoisotopic (exact) mass is 419 g/mol. The van der Waals surface area contributed by atoms with Crippen molar-refractivity contribution < 1.29 is 17.6 Å². The molecule has 1 unspecified atom stereocenters. The lowest BCUT2D eigenvalue weighted by Crippen LogP contribution is -2.45. The minimum Gasteiger partial charge on any atom is -0.419 e. The van der Waals surface area contributed by atoms with Gasteiger partial charge in [0.05, 0.1) is 18.1 Å². The molecule has 1 aliphatic heterocycles. The van der Waals surface area contributed by atoms with Crippen LogP contribution in [-0.4, -0.2) is 75.6 Å². The van der Waals surface area contributed by atoms with Crippen LogP contribution in [0.25, 0.3) is 11.5 Å². The molecule has 2 aromatic rings. The lowest BCUT2D eigenvalue weighted by molar-refractivity contribution is 0.0226. The van der Waals surface area contributed by atoms with Gasteiger partial charge in [-0.05, 0) is 31.2 Å². The van der Waals surface area contributed by atoms with Crippen LogP contribution in [-0.2, 0) is 14.8 Å². The van der Waals surface area contributed by atoms with Gasteiger partial charge >= 0.3 is 0 Å². The van der Waals surface area contributed by atoms with E-state index in [1.54, 1.807) is 12.1 Å². The van der Waals surface area contributed by atoms with Crippen LogP contribution < -0.4 is 5.32 Å². The van der Waals surface area contributed by atoms with Crippen molar-refractivity contribution >= 4 is 15.9 Å². The Morgan fingerprint density at radius 3 is 2.52 bits per heavy atom. The molecule has 0 aliphatic carbocycles. The van der Waals surface area contributed by atoms with Crippen LogP contribution in [0, 0.1) is 11.3 Å². The standard InChI is InChI=1S/C19H25N5O4S/c1-14(24-8-10-27-11-9-24)13-21-19-17(12-20)22-18(28-19)15-4-6-16(7-5-15)29(25,26)23(2)3/h4-7,14,21H,8-11,13H2,1-3H3. The summed E-state index contributed by atoms with van der Waals surface area (Å²) >= 11 is 0. The minimum atomic E-state index is -3.51. The zero-order valence-corrected chi connectivity index (χ0v) is 17.6. The molecular formula is C19H25N5O4S. The van der Waals surface area contributed by atoms with Gasteiger partial charge in [-0.2, -0.15) is 10.2 Å². The number of benzene rings is 1. The van der Waals surface area contributed by atoms with Gasteiger partial charge < -0.3 is 14.5 Å². The summed E-state index contributed by atoms with van der Waals surface area (Å²) in [6.45, 7) is 5.89. The van der Waals surface area contributed by atoms with Gasteiger partial charge in [0.15, 0.2) is 0 Å². The molecule has 0 amide bonds. The molecule has 0 spiro atoms. The topological polar surface area (TPSA) is 112 Å². The second kappa shape index (κ2) is 8.92. The van der Waals surface area contributed by atoms with E-state index in [9.17, 15) is 13.7 Å². The molecule has 1 aromatic heterocycles. The number of morpholine rings is 1. The van der Waals surface area contributed by atoms with Crippen molar-refractivity contribution in [3.05, 3.63) is 30.0 Å². The molecule has 0 bridgehead atoms. The van der Waals surface area contributed by atoms with Gasteiger partial charge in [-0.3, -0.25) is 4.90 Å². The second-order valence-corrected chi connectivity index (χ2v) is 9.15. The van der Waals surface area contributed by atoms with Crippen LogP contribution in [0.5, 0.6) is 0 Å². The number of rotatable bonds is 7. The van der Waals surface area contributed by atoms with E-state index in [-0.39, 0.29) is 22.5 Å². The summed E-state index contributed by atoms with van der Waals surface area (Å²) in [7, 11) is -0.551. The maximum Gasteiger partial charge on any atom is 0.242 e. The number of oxazole rings is 1. The SMILES string of the molecule is CC(CNc1oc(-c2ccc(S(=O)(=O)N(C)C)cc2)nc1C#N)N1CCOCC1. The average Bonchev–Trinajstić information content (AvgIpc) is 3.16. The quantitative estimate of drug-likeness (QED) is 0.720. The van der Waals surface area contributed by atoms with Crippen LogP contribution >= 0.6 is 0 Å². The maximum absolute atomic E-state index is 12.2. The van der Waals surface area contributed by atoms with E-state index in [1.807, 2.05) is 6.07 Å². The summed E-state index contributed by atoms with van der Waals surface area (Å²) in [5, 5.41) is 12.5. The van der Waals surface area contributed by atoms with Gasteiger partial charge in [-0.25, -0.2) is 12.7 Å². The molecule has 9 nitrogen and oxygen atoms in total. The van der Waals surface area contributed by atoms with Crippen molar-refractivity contribution in [3.8, 4) is 17.5 Å². The molecule has 10 heteroatoms. The Bertz CT molecular complexity index is 973. The number of aromatic nitrogens is 1. The third-order valence-electron chi connectivity index (χ3n) is 4.84. The molecular weight excluding hydrogens is 394 g/mol. The van der Waals surface area contributed by atoms with Gasteiger partial charge in [-0.15, -0.1) is 0 Å². The Morgan fingerprint density at radius 2 is 1.93 bits per heavy atom. The van der Waals surface area contributed by atoms with Gasteiger partial charge in [0.1, 0.15) is 6.07 Å². The largest absolute Gasteiger partial charge is 0.419 e. The van der Waals surface area contributed by atoms with E-state index in [0.717, 1.165) is 30.6 Å². The third-order valence-corrected chi connectivity index (χ3v) is 6.67. The summed E-state index contributed by atoms with van der Waals surface area (Å²) in [5.74, 6) is 0.574. The molecule has 1 saturated heterocycles. The van der Waals surface area contributed by atoms with Crippen molar-refractivity contribution in [2.24, 2.45) is 0 Å². The number of ether oxygens (including phenoxy) is 1. The minimum absolute atomic E-state index is 0.166. The first-order valence-electron chi connectivity index (χ1n) is 9.32.